The van der Waals surface area contributed by atoms with E-state index in [1.165, 1.54) is 12.1 Å². The van der Waals surface area contributed by atoms with Gasteiger partial charge in [0.1, 0.15) is 0 Å². The van der Waals surface area contributed by atoms with Crippen molar-refractivity contribution in [2.45, 2.75) is 30.5 Å². The number of amides is 1. The second-order valence-electron chi connectivity index (χ2n) is 7.02. The molecule has 0 saturated heterocycles. The van der Waals surface area contributed by atoms with Crippen molar-refractivity contribution in [2.24, 2.45) is 0 Å². The van der Waals surface area contributed by atoms with E-state index in [1.807, 2.05) is 37.3 Å². The largest absolute Gasteiger partial charge is 0.416 e. The van der Waals surface area contributed by atoms with Crippen molar-refractivity contribution < 1.29 is 26.4 Å². The molecular formula is C23H21F3N2O3S. The molecule has 168 valence electrons. The van der Waals surface area contributed by atoms with Gasteiger partial charge < -0.3 is 5.32 Å². The molecule has 5 nitrogen and oxygen atoms in total. The molecule has 0 saturated carbocycles. The maximum Gasteiger partial charge on any atom is 0.416 e. The van der Waals surface area contributed by atoms with Crippen molar-refractivity contribution in [3.63, 3.8) is 0 Å². The van der Waals surface area contributed by atoms with Gasteiger partial charge in [-0.2, -0.15) is 13.2 Å². The Hall–Kier alpha value is -3.33. The predicted molar refractivity (Wildman–Crippen MR) is 116 cm³/mol. The number of nitrogens with one attached hydrogen (secondary N) is 2. The van der Waals surface area contributed by atoms with Gasteiger partial charge in [0, 0.05) is 0 Å². The molecule has 0 spiro atoms. The number of alkyl halides is 3. The van der Waals surface area contributed by atoms with E-state index in [-0.39, 0.29) is 22.2 Å². The van der Waals surface area contributed by atoms with Crippen LogP contribution < -0.4 is 10.0 Å². The molecule has 32 heavy (non-hydrogen) atoms. The highest BCUT2D eigenvalue weighted by molar-refractivity contribution is 7.92. The fraction of sp³-hybridized carbons (Fsp3) is 0.174. The Morgan fingerprint density at radius 3 is 2.09 bits per heavy atom. The molecule has 0 heterocycles. The van der Waals surface area contributed by atoms with Crippen LogP contribution in [0.5, 0.6) is 0 Å². The van der Waals surface area contributed by atoms with Gasteiger partial charge in [0.15, 0.2) is 0 Å². The van der Waals surface area contributed by atoms with Crippen LogP contribution in [-0.2, 0) is 16.2 Å². The van der Waals surface area contributed by atoms with E-state index in [0.717, 1.165) is 17.7 Å². The van der Waals surface area contributed by atoms with Gasteiger partial charge in [-0.05, 0) is 48.4 Å². The monoisotopic (exact) mass is 462 g/mol. The van der Waals surface area contributed by atoms with Crippen molar-refractivity contribution >= 4 is 21.6 Å². The summed E-state index contributed by atoms with van der Waals surface area (Å²) in [7, 11) is -4.22. The maximum absolute atomic E-state index is 12.9. The van der Waals surface area contributed by atoms with Crippen molar-refractivity contribution in [3.8, 4) is 0 Å². The van der Waals surface area contributed by atoms with Gasteiger partial charge in [0.25, 0.3) is 15.9 Å². The molecule has 1 atom stereocenters. The number of anilines is 1. The van der Waals surface area contributed by atoms with E-state index >= 15 is 0 Å². The zero-order valence-electron chi connectivity index (χ0n) is 17.1. The van der Waals surface area contributed by atoms with Crippen LogP contribution in [0.4, 0.5) is 18.9 Å². The van der Waals surface area contributed by atoms with Gasteiger partial charge in [-0.15, -0.1) is 0 Å². The van der Waals surface area contributed by atoms with Gasteiger partial charge in [-0.3, -0.25) is 9.52 Å². The zero-order chi connectivity index (χ0) is 23.4. The maximum atomic E-state index is 12.9. The summed E-state index contributed by atoms with van der Waals surface area (Å²) < 4.78 is 66.0. The van der Waals surface area contributed by atoms with Crippen LogP contribution in [-0.4, -0.2) is 14.3 Å². The normalized spacial score (nSPS) is 12.8. The third-order valence-corrected chi connectivity index (χ3v) is 6.20. The Labute approximate surface area is 184 Å². The zero-order valence-corrected chi connectivity index (χ0v) is 17.9. The lowest BCUT2D eigenvalue weighted by molar-refractivity contribution is -0.137. The first-order valence-electron chi connectivity index (χ1n) is 9.76. The number of rotatable bonds is 7. The third kappa shape index (κ3) is 5.47. The van der Waals surface area contributed by atoms with Gasteiger partial charge >= 0.3 is 6.18 Å². The minimum Gasteiger partial charge on any atom is -0.345 e. The van der Waals surface area contributed by atoms with Crippen molar-refractivity contribution in [1.29, 1.82) is 0 Å². The van der Waals surface area contributed by atoms with Crippen LogP contribution in [0, 0.1) is 0 Å². The molecular weight excluding hydrogens is 441 g/mol. The molecule has 0 radical (unpaired) electrons. The third-order valence-electron chi connectivity index (χ3n) is 4.82. The highest BCUT2D eigenvalue weighted by Crippen LogP contribution is 2.30. The number of halogens is 3. The second-order valence-corrected chi connectivity index (χ2v) is 8.70. The van der Waals surface area contributed by atoms with E-state index < -0.39 is 27.7 Å². The number of carbonyl (C=O) groups is 1. The molecule has 1 amide bonds. The first-order chi connectivity index (χ1) is 15.1. The Balaban J connectivity index is 1.83. The van der Waals surface area contributed by atoms with Gasteiger partial charge in [0.05, 0.1) is 27.8 Å². The average molecular weight is 462 g/mol. The minimum atomic E-state index is -4.57. The van der Waals surface area contributed by atoms with Crippen molar-refractivity contribution in [2.75, 3.05) is 4.72 Å². The van der Waals surface area contributed by atoms with Crippen LogP contribution >= 0.6 is 0 Å². The van der Waals surface area contributed by atoms with Gasteiger partial charge in [0.2, 0.25) is 0 Å². The number of benzene rings is 3. The lowest BCUT2D eigenvalue weighted by Gasteiger charge is -2.19. The first-order valence-corrected chi connectivity index (χ1v) is 11.2. The van der Waals surface area contributed by atoms with Crippen LogP contribution in [0.2, 0.25) is 0 Å². The standard InChI is InChI=1S/C23H21F3N2O3S/c1-2-20(16-8-4-3-5-9-16)27-22(29)19-10-6-7-11-21(19)28-32(30,31)18-14-12-17(13-15-18)23(24,25)26/h3-15,20,28H,2H2,1H3,(H,27,29)/t20-/m0/s1. The van der Waals surface area contributed by atoms with E-state index in [0.29, 0.717) is 18.6 Å². The summed E-state index contributed by atoms with van der Waals surface area (Å²) in [5, 5.41) is 2.89. The lowest BCUT2D eigenvalue weighted by atomic mass is 10.0. The fourth-order valence-electron chi connectivity index (χ4n) is 3.14. The first kappa shape index (κ1) is 23.3. The molecule has 0 bridgehead atoms. The van der Waals surface area contributed by atoms with E-state index in [9.17, 15) is 26.4 Å². The van der Waals surface area contributed by atoms with Crippen molar-refractivity contribution in [1.82, 2.24) is 5.32 Å². The summed E-state index contributed by atoms with van der Waals surface area (Å²) in [6.45, 7) is 1.91. The minimum absolute atomic E-state index is 0.0211. The Morgan fingerprint density at radius 2 is 1.50 bits per heavy atom. The van der Waals surface area contributed by atoms with E-state index in [4.69, 9.17) is 0 Å². The number of hydrogen-bond donors (Lipinski definition) is 2. The fourth-order valence-corrected chi connectivity index (χ4v) is 4.22. The molecule has 9 heteroatoms. The number of carbonyl (C=O) groups excluding carboxylic acids is 1. The summed E-state index contributed by atoms with van der Waals surface area (Å²) in [5.74, 6) is -0.480. The van der Waals surface area contributed by atoms with E-state index in [1.54, 1.807) is 12.1 Å². The number of para-hydroxylation sites is 1. The second kappa shape index (κ2) is 9.44. The Kier molecular flexibility index (Phi) is 6.88. The highest BCUT2D eigenvalue weighted by atomic mass is 32.2. The molecule has 2 N–H and O–H groups in total. The Bertz CT molecular complexity index is 1180. The molecule has 0 fully saturated rings. The molecule has 0 aliphatic rings. The predicted octanol–water partition coefficient (Wildman–Crippen LogP) is 5.39. The number of sulfonamides is 1. The molecule has 0 unspecified atom stereocenters. The SMILES string of the molecule is CC[C@H](NC(=O)c1ccccc1NS(=O)(=O)c1ccc(C(F)(F)F)cc1)c1ccccc1. The van der Waals surface area contributed by atoms with Crippen LogP contribution in [0.1, 0.15) is 40.9 Å². The summed E-state index contributed by atoms with van der Waals surface area (Å²) in [6, 6.07) is 18.2. The molecule has 3 aromatic rings. The summed E-state index contributed by atoms with van der Waals surface area (Å²) in [4.78, 5) is 12.6. The van der Waals surface area contributed by atoms with E-state index in [2.05, 4.69) is 10.0 Å². The number of hydrogen-bond acceptors (Lipinski definition) is 3. The highest BCUT2D eigenvalue weighted by Gasteiger charge is 2.30. The molecule has 0 aliphatic carbocycles. The smallest absolute Gasteiger partial charge is 0.345 e. The topological polar surface area (TPSA) is 75.3 Å². The summed E-state index contributed by atoms with van der Waals surface area (Å²) in [5.41, 5.74) is 0.0686. The Morgan fingerprint density at radius 1 is 0.906 bits per heavy atom. The van der Waals surface area contributed by atoms with Crippen LogP contribution in [0.25, 0.3) is 0 Å². The quantitative estimate of drug-likeness (QED) is 0.495. The molecule has 0 aliphatic heterocycles. The summed E-state index contributed by atoms with van der Waals surface area (Å²) in [6.07, 6.45) is -3.95. The van der Waals surface area contributed by atoms with Gasteiger partial charge in [-0.25, -0.2) is 8.42 Å². The average Bonchev–Trinajstić information content (AvgIpc) is 2.77. The molecule has 3 aromatic carbocycles. The van der Waals surface area contributed by atoms with Crippen LogP contribution in [0.15, 0.2) is 83.8 Å². The summed E-state index contributed by atoms with van der Waals surface area (Å²) >= 11 is 0. The van der Waals surface area contributed by atoms with Crippen LogP contribution in [0.3, 0.4) is 0 Å². The van der Waals surface area contributed by atoms with Gasteiger partial charge in [-0.1, -0.05) is 49.4 Å². The molecule has 0 aromatic heterocycles. The lowest BCUT2D eigenvalue weighted by Crippen LogP contribution is -2.29. The van der Waals surface area contributed by atoms with Crippen molar-refractivity contribution in [3.05, 3.63) is 95.6 Å². The molecule has 3 rings (SSSR count).